The van der Waals surface area contributed by atoms with Gasteiger partial charge >= 0.3 is 17.9 Å². The number of halogens is 2. The average Bonchev–Trinajstić information content (AvgIpc) is 3.90. The Balaban J connectivity index is 0.000000169. The molecule has 0 atom stereocenters. The molecule has 0 aliphatic heterocycles. The van der Waals surface area contributed by atoms with Crippen molar-refractivity contribution in [3.8, 4) is 0 Å². The maximum absolute atomic E-state index is 10.7. The molecule has 3 aromatic carbocycles. The minimum absolute atomic E-state index is 0.0520. The van der Waals surface area contributed by atoms with Gasteiger partial charge < -0.3 is 20.3 Å². The van der Waals surface area contributed by atoms with Gasteiger partial charge in [0.05, 0.1) is 0 Å². The number of carbonyl (C=O) groups is 3. The van der Waals surface area contributed by atoms with Gasteiger partial charge in [0.2, 0.25) is 0 Å². The fourth-order valence-corrected chi connectivity index (χ4v) is 4.95. The van der Waals surface area contributed by atoms with Crippen molar-refractivity contribution in [1.29, 1.82) is 0 Å². The molecular formula is C37H35Cl2N5O6. The van der Waals surface area contributed by atoms with Crippen molar-refractivity contribution in [2.75, 3.05) is 0 Å². The summed E-state index contributed by atoms with van der Waals surface area (Å²) in [6.45, 7) is 0. The van der Waals surface area contributed by atoms with E-state index < -0.39 is 17.9 Å². The molecule has 258 valence electrons. The summed E-state index contributed by atoms with van der Waals surface area (Å²) in [5.74, 6) is -2.94. The van der Waals surface area contributed by atoms with Crippen LogP contribution in [0.25, 0.3) is 0 Å². The Morgan fingerprint density at radius 2 is 0.940 bits per heavy atom. The number of aryl methyl sites for hydroxylation is 6. The molecule has 3 heterocycles. The number of rotatable bonds is 12. The Labute approximate surface area is 297 Å². The highest BCUT2D eigenvalue weighted by molar-refractivity contribution is 6.30. The Kier molecular flexibility index (Phi) is 14.0. The number of aromatic nitrogens is 5. The van der Waals surface area contributed by atoms with Crippen molar-refractivity contribution < 1.29 is 29.7 Å². The molecule has 0 spiro atoms. The van der Waals surface area contributed by atoms with Crippen LogP contribution in [0.15, 0.2) is 103 Å². The van der Waals surface area contributed by atoms with E-state index in [-0.39, 0.29) is 17.1 Å². The molecular weight excluding hydrogens is 681 g/mol. The normalized spacial score (nSPS) is 10.4. The van der Waals surface area contributed by atoms with Crippen molar-refractivity contribution >= 4 is 41.1 Å². The maximum Gasteiger partial charge on any atom is 0.356 e. The topological polar surface area (TPSA) is 185 Å². The Morgan fingerprint density at radius 1 is 0.520 bits per heavy atom. The number of nitrogens with one attached hydrogen (secondary N) is 3. The lowest BCUT2D eigenvalue weighted by molar-refractivity contribution is 0.0679. The first-order chi connectivity index (χ1) is 24.0. The Morgan fingerprint density at radius 3 is 1.34 bits per heavy atom. The van der Waals surface area contributed by atoms with Crippen molar-refractivity contribution in [2.24, 2.45) is 0 Å². The number of H-pyrrole nitrogens is 3. The molecule has 6 N–H and O–H groups in total. The van der Waals surface area contributed by atoms with E-state index in [1.54, 1.807) is 24.4 Å². The molecule has 0 amide bonds. The summed E-state index contributed by atoms with van der Waals surface area (Å²) < 4.78 is 0. The summed E-state index contributed by atoms with van der Waals surface area (Å²) >= 11 is 11.6. The number of aromatic amines is 3. The number of carboxylic acids is 3. The number of benzene rings is 3. The highest BCUT2D eigenvalue weighted by atomic mass is 35.5. The Bertz CT molecular complexity index is 1870. The third kappa shape index (κ3) is 12.4. The van der Waals surface area contributed by atoms with Crippen molar-refractivity contribution in [1.82, 2.24) is 25.4 Å². The van der Waals surface area contributed by atoms with Crippen LogP contribution in [-0.2, 0) is 38.5 Å². The Hall–Kier alpha value is -5.65. The molecule has 3 aromatic heterocycles. The molecule has 0 saturated carbocycles. The number of hydrogen-bond acceptors (Lipinski definition) is 5. The zero-order chi connectivity index (χ0) is 35.9. The maximum atomic E-state index is 10.7. The summed E-state index contributed by atoms with van der Waals surface area (Å²) in [4.78, 5) is 34.6. The highest BCUT2D eigenvalue weighted by Crippen LogP contribution is 2.14. The van der Waals surface area contributed by atoms with E-state index in [1.165, 1.54) is 11.1 Å². The smallest absolute Gasteiger partial charge is 0.356 e. The van der Waals surface area contributed by atoms with Gasteiger partial charge in [0, 0.05) is 27.6 Å². The lowest BCUT2D eigenvalue weighted by Crippen LogP contribution is -1.95. The van der Waals surface area contributed by atoms with E-state index in [4.69, 9.17) is 38.5 Å². The third-order valence-corrected chi connectivity index (χ3v) is 7.91. The van der Waals surface area contributed by atoms with Gasteiger partial charge in [-0.25, -0.2) is 14.4 Å². The first kappa shape index (κ1) is 37.2. The standard InChI is InChI=1S/C13H12ClNO2.C12H11ClN2O2.C12H12N2O2/c14-11-5-3-9(4-6-11)1-2-10-7-12(13(16)17)15-8-10;13-9-4-1-8(2-5-9)3-6-10-7-11(12(16)17)15-14-10;15-12(16)11-8-10(13-14-11)7-6-9-4-2-1-3-5-9/h3-8,15H,1-2H2,(H,16,17);1-2,4-5,7H,3,6H2,(H,14,15)(H,16,17);1-5,8H,6-7H2,(H,13,14)(H,15,16). The minimum atomic E-state index is -1.01. The van der Waals surface area contributed by atoms with Gasteiger partial charge in [-0.15, -0.1) is 0 Å². The van der Waals surface area contributed by atoms with Crippen LogP contribution in [0.5, 0.6) is 0 Å². The average molecular weight is 717 g/mol. The van der Waals surface area contributed by atoms with Gasteiger partial charge in [-0.3, -0.25) is 10.2 Å². The molecule has 0 bridgehead atoms. The van der Waals surface area contributed by atoms with Crippen LogP contribution in [-0.4, -0.2) is 58.6 Å². The fraction of sp³-hybridized carbons (Fsp3) is 0.162. The summed E-state index contributed by atoms with van der Waals surface area (Å²) in [6.07, 6.45) is 6.60. The SMILES string of the molecule is O=C(O)c1cc(CCc2ccc(Cl)cc2)[nH]n1.O=C(O)c1cc(CCc2ccc(Cl)cc2)c[nH]1.O=C(O)c1cc(CCc2ccccc2)[nH]n1. The number of nitrogens with zero attached hydrogens (tertiary/aromatic N) is 2. The van der Waals surface area contributed by atoms with Gasteiger partial charge in [-0.2, -0.15) is 10.2 Å². The predicted molar refractivity (Wildman–Crippen MR) is 190 cm³/mol. The van der Waals surface area contributed by atoms with Crippen LogP contribution in [0.4, 0.5) is 0 Å². The molecule has 0 radical (unpaired) electrons. The van der Waals surface area contributed by atoms with Crippen LogP contribution in [0, 0.1) is 0 Å². The van der Waals surface area contributed by atoms with Crippen molar-refractivity contribution in [2.45, 2.75) is 38.5 Å². The molecule has 13 heteroatoms. The largest absolute Gasteiger partial charge is 0.477 e. The zero-order valence-electron chi connectivity index (χ0n) is 26.8. The monoisotopic (exact) mass is 715 g/mol. The molecule has 0 unspecified atom stereocenters. The van der Waals surface area contributed by atoms with Gasteiger partial charge in [0.25, 0.3) is 0 Å². The van der Waals surface area contributed by atoms with Crippen LogP contribution in [0.3, 0.4) is 0 Å². The van der Waals surface area contributed by atoms with Gasteiger partial charge in [0.1, 0.15) is 5.69 Å². The van der Waals surface area contributed by atoms with Crippen LogP contribution < -0.4 is 0 Å². The lowest BCUT2D eigenvalue weighted by atomic mass is 10.1. The molecule has 11 nitrogen and oxygen atoms in total. The van der Waals surface area contributed by atoms with Crippen LogP contribution in [0.2, 0.25) is 10.0 Å². The molecule has 6 rings (SSSR count). The van der Waals surface area contributed by atoms with Gasteiger partial charge in [0.15, 0.2) is 11.4 Å². The summed E-state index contributed by atoms with van der Waals surface area (Å²) in [7, 11) is 0. The van der Waals surface area contributed by atoms with Gasteiger partial charge in [-0.05, 0) is 103 Å². The van der Waals surface area contributed by atoms with E-state index in [9.17, 15) is 14.4 Å². The number of carboxylic acid groups (broad SMARTS) is 3. The zero-order valence-corrected chi connectivity index (χ0v) is 28.3. The summed E-state index contributed by atoms with van der Waals surface area (Å²) in [5, 5.41) is 40.5. The number of aromatic carboxylic acids is 3. The first-order valence-electron chi connectivity index (χ1n) is 15.5. The minimum Gasteiger partial charge on any atom is -0.477 e. The van der Waals surface area contributed by atoms with E-state index in [2.05, 4.69) is 37.5 Å². The van der Waals surface area contributed by atoms with E-state index >= 15 is 0 Å². The van der Waals surface area contributed by atoms with Gasteiger partial charge in [-0.1, -0.05) is 77.8 Å². The summed E-state index contributed by atoms with van der Waals surface area (Å²) in [5.41, 5.74) is 6.59. The van der Waals surface area contributed by atoms with Crippen molar-refractivity contribution in [3.63, 3.8) is 0 Å². The second kappa shape index (κ2) is 18.8. The lowest BCUT2D eigenvalue weighted by Gasteiger charge is -1.99. The van der Waals surface area contributed by atoms with E-state index in [1.807, 2.05) is 66.7 Å². The molecule has 6 aromatic rings. The second-order valence-electron chi connectivity index (χ2n) is 11.1. The molecule has 50 heavy (non-hydrogen) atoms. The van der Waals surface area contributed by atoms with E-state index in [0.717, 1.165) is 66.1 Å². The predicted octanol–water partition coefficient (Wildman–Crippen LogP) is 7.59. The molecule has 0 fully saturated rings. The van der Waals surface area contributed by atoms with Crippen molar-refractivity contribution in [3.05, 3.63) is 164 Å². The van der Waals surface area contributed by atoms with Crippen LogP contribution >= 0.6 is 23.2 Å². The summed E-state index contributed by atoms with van der Waals surface area (Å²) in [6, 6.07) is 30.1. The number of hydrogen-bond donors (Lipinski definition) is 6. The second-order valence-corrected chi connectivity index (χ2v) is 12.0. The molecule has 0 aliphatic rings. The highest BCUT2D eigenvalue weighted by Gasteiger charge is 2.09. The molecule has 0 saturated heterocycles. The third-order valence-electron chi connectivity index (χ3n) is 7.41. The fourth-order valence-electron chi connectivity index (χ4n) is 4.70. The first-order valence-corrected chi connectivity index (χ1v) is 16.3. The van der Waals surface area contributed by atoms with Crippen LogP contribution in [0.1, 0.15) is 65.1 Å². The molecule has 0 aliphatic carbocycles. The van der Waals surface area contributed by atoms with E-state index in [0.29, 0.717) is 5.02 Å². The quantitative estimate of drug-likeness (QED) is 0.0748.